The number of fused-ring (bicyclic) bond motifs is 1. The van der Waals surface area contributed by atoms with Crippen molar-refractivity contribution in [3.63, 3.8) is 0 Å². The molecule has 0 saturated heterocycles. The number of thiophene rings is 1. The van der Waals surface area contributed by atoms with Gasteiger partial charge in [0.25, 0.3) is 0 Å². The highest BCUT2D eigenvalue weighted by atomic mass is 32.1. The number of nitrogens with one attached hydrogen (secondary N) is 1. The maximum absolute atomic E-state index is 4.47. The Morgan fingerprint density at radius 2 is 2.21 bits per heavy atom. The molecule has 1 unspecified atom stereocenters. The van der Waals surface area contributed by atoms with E-state index in [0.717, 1.165) is 30.2 Å². The van der Waals surface area contributed by atoms with E-state index >= 15 is 0 Å². The van der Waals surface area contributed by atoms with Gasteiger partial charge in [-0.2, -0.15) is 0 Å². The summed E-state index contributed by atoms with van der Waals surface area (Å²) in [6, 6.07) is 2.23. The van der Waals surface area contributed by atoms with Gasteiger partial charge in [0.2, 0.25) is 0 Å². The van der Waals surface area contributed by atoms with E-state index in [4.69, 9.17) is 0 Å². The lowest BCUT2D eigenvalue weighted by atomic mass is 10.1. The monoisotopic (exact) mass is 278 g/mol. The van der Waals surface area contributed by atoms with Gasteiger partial charge in [0.1, 0.15) is 17.0 Å². The molecular formula is C14H22N4S. The van der Waals surface area contributed by atoms with Crippen LogP contribution in [-0.2, 0) is 6.42 Å². The predicted octanol–water partition coefficient (Wildman–Crippen LogP) is 2.55. The lowest BCUT2D eigenvalue weighted by molar-refractivity contribution is 0.541. The molecule has 104 valence electrons. The average molecular weight is 278 g/mol. The predicted molar refractivity (Wildman–Crippen MR) is 83.2 cm³/mol. The molecule has 0 aromatic carbocycles. The third-order valence-corrected chi connectivity index (χ3v) is 4.39. The van der Waals surface area contributed by atoms with Crippen LogP contribution < -0.4 is 10.2 Å². The summed E-state index contributed by atoms with van der Waals surface area (Å²) in [6.07, 6.45) is 2.73. The molecule has 0 aliphatic rings. The van der Waals surface area contributed by atoms with E-state index in [9.17, 15) is 0 Å². The third-order valence-electron chi connectivity index (χ3n) is 3.21. The Morgan fingerprint density at radius 3 is 2.89 bits per heavy atom. The molecular weight excluding hydrogens is 256 g/mol. The standard InChI is InChI=1S/C14H22N4S/c1-5-11-6-12-13(16-9-17-14(12)19-11)18(4)8-10(2)7-15-3/h6,9-10,15H,5,7-8H2,1-4H3. The van der Waals surface area contributed by atoms with Gasteiger partial charge in [0.15, 0.2) is 0 Å². The smallest absolute Gasteiger partial charge is 0.140 e. The van der Waals surface area contributed by atoms with Crippen molar-refractivity contribution in [1.82, 2.24) is 15.3 Å². The largest absolute Gasteiger partial charge is 0.359 e. The molecule has 2 aromatic rings. The van der Waals surface area contributed by atoms with Gasteiger partial charge in [-0.1, -0.05) is 13.8 Å². The van der Waals surface area contributed by atoms with E-state index in [2.05, 4.69) is 47.1 Å². The quantitative estimate of drug-likeness (QED) is 0.881. The summed E-state index contributed by atoms with van der Waals surface area (Å²) < 4.78 is 0. The molecule has 0 aliphatic heterocycles. The van der Waals surface area contributed by atoms with Crippen molar-refractivity contribution in [3.05, 3.63) is 17.3 Å². The van der Waals surface area contributed by atoms with Gasteiger partial charge in [-0.3, -0.25) is 0 Å². The molecule has 0 fully saturated rings. The van der Waals surface area contributed by atoms with Crippen LogP contribution in [0.2, 0.25) is 0 Å². The second-order valence-electron chi connectivity index (χ2n) is 5.03. The number of anilines is 1. The molecule has 0 saturated carbocycles. The topological polar surface area (TPSA) is 41.0 Å². The summed E-state index contributed by atoms with van der Waals surface area (Å²) in [6.45, 7) is 6.43. The third kappa shape index (κ3) is 3.22. The molecule has 2 aromatic heterocycles. The van der Waals surface area contributed by atoms with Gasteiger partial charge < -0.3 is 10.2 Å². The van der Waals surface area contributed by atoms with Crippen LogP contribution in [0, 0.1) is 5.92 Å². The minimum absolute atomic E-state index is 0.587. The Bertz CT molecular complexity index is 537. The summed E-state index contributed by atoms with van der Waals surface area (Å²) in [5, 5.41) is 4.40. The Labute approximate surface area is 118 Å². The molecule has 1 atom stereocenters. The highest BCUT2D eigenvalue weighted by Crippen LogP contribution is 2.30. The number of aromatic nitrogens is 2. The zero-order valence-electron chi connectivity index (χ0n) is 12.1. The number of hydrogen-bond donors (Lipinski definition) is 1. The number of aryl methyl sites for hydroxylation is 1. The number of nitrogens with zero attached hydrogens (tertiary/aromatic N) is 3. The molecule has 0 radical (unpaired) electrons. The molecule has 19 heavy (non-hydrogen) atoms. The summed E-state index contributed by atoms with van der Waals surface area (Å²) in [7, 11) is 4.10. The van der Waals surface area contributed by atoms with Crippen molar-refractivity contribution in [2.75, 3.05) is 32.1 Å². The van der Waals surface area contributed by atoms with Crippen molar-refractivity contribution >= 4 is 27.4 Å². The Morgan fingerprint density at radius 1 is 1.42 bits per heavy atom. The van der Waals surface area contributed by atoms with E-state index < -0.39 is 0 Å². The first-order valence-corrected chi connectivity index (χ1v) is 7.56. The lowest BCUT2D eigenvalue weighted by Crippen LogP contribution is -2.30. The van der Waals surface area contributed by atoms with Crippen LogP contribution in [0.5, 0.6) is 0 Å². The second-order valence-corrected chi connectivity index (χ2v) is 6.14. The molecule has 0 spiro atoms. The molecule has 4 nitrogen and oxygen atoms in total. The highest BCUT2D eigenvalue weighted by molar-refractivity contribution is 7.18. The maximum Gasteiger partial charge on any atom is 0.140 e. The van der Waals surface area contributed by atoms with E-state index in [1.165, 1.54) is 10.3 Å². The summed E-state index contributed by atoms with van der Waals surface area (Å²) in [5.41, 5.74) is 0. The van der Waals surface area contributed by atoms with Crippen LogP contribution >= 0.6 is 11.3 Å². The Kier molecular flexibility index (Phi) is 4.71. The molecule has 0 amide bonds. The molecule has 2 rings (SSSR count). The van der Waals surface area contributed by atoms with Gasteiger partial charge in [-0.15, -0.1) is 11.3 Å². The van der Waals surface area contributed by atoms with Gasteiger partial charge in [0, 0.05) is 18.5 Å². The summed E-state index contributed by atoms with van der Waals surface area (Å²) >= 11 is 1.77. The minimum Gasteiger partial charge on any atom is -0.359 e. The number of hydrogen-bond acceptors (Lipinski definition) is 5. The SMILES string of the molecule is CCc1cc2c(N(C)CC(C)CNC)ncnc2s1. The van der Waals surface area contributed by atoms with Crippen molar-refractivity contribution in [2.24, 2.45) is 5.92 Å². The number of rotatable bonds is 6. The van der Waals surface area contributed by atoms with Crippen LogP contribution in [0.3, 0.4) is 0 Å². The fourth-order valence-corrected chi connectivity index (χ4v) is 3.27. The van der Waals surface area contributed by atoms with Crippen molar-refractivity contribution in [1.29, 1.82) is 0 Å². The fourth-order valence-electron chi connectivity index (χ4n) is 2.34. The van der Waals surface area contributed by atoms with E-state index in [-0.39, 0.29) is 0 Å². The maximum atomic E-state index is 4.47. The first-order chi connectivity index (χ1) is 9.15. The lowest BCUT2D eigenvalue weighted by Gasteiger charge is -2.22. The summed E-state index contributed by atoms with van der Waals surface area (Å²) in [5.74, 6) is 1.63. The van der Waals surface area contributed by atoms with Crippen LogP contribution in [0.25, 0.3) is 10.2 Å². The van der Waals surface area contributed by atoms with Crippen LogP contribution in [0.4, 0.5) is 5.82 Å². The highest BCUT2D eigenvalue weighted by Gasteiger charge is 2.13. The van der Waals surface area contributed by atoms with Gasteiger partial charge in [0.05, 0.1) is 5.39 Å². The Hall–Kier alpha value is -1.20. The second kappa shape index (κ2) is 6.30. The zero-order chi connectivity index (χ0) is 13.8. The van der Waals surface area contributed by atoms with Crippen LogP contribution in [-0.4, -0.2) is 37.2 Å². The van der Waals surface area contributed by atoms with Gasteiger partial charge >= 0.3 is 0 Å². The first-order valence-electron chi connectivity index (χ1n) is 6.74. The zero-order valence-corrected chi connectivity index (χ0v) is 12.9. The fraction of sp³-hybridized carbons (Fsp3) is 0.571. The first kappa shape index (κ1) is 14.2. The molecule has 5 heteroatoms. The van der Waals surface area contributed by atoms with E-state index in [1.54, 1.807) is 17.7 Å². The van der Waals surface area contributed by atoms with Crippen LogP contribution in [0.1, 0.15) is 18.7 Å². The molecule has 2 heterocycles. The van der Waals surface area contributed by atoms with Gasteiger partial charge in [-0.05, 0) is 32.0 Å². The van der Waals surface area contributed by atoms with Crippen molar-refractivity contribution < 1.29 is 0 Å². The average Bonchev–Trinajstić information content (AvgIpc) is 2.81. The molecule has 1 N–H and O–H groups in total. The molecule has 0 aliphatic carbocycles. The summed E-state index contributed by atoms with van der Waals surface area (Å²) in [4.78, 5) is 13.5. The van der Waals surface area contributed by atoms with Gasteiger partial charge in [-0.25, -0.2) is 9.97 Å². The Balaban J connectivity index is 2.25. The van der Waals surface area contributed by atoms with E-state index in [0.29, 0.717) is 5.92 Å². The van der Waals surface area contributed by atoms with E-state index in [1.807, 2.05) is 7.05 Å². The normalized spacial score (nSPS) is 12.8. The minimum atomic E-state index is 0.587. The van der Waals surface area contributed by atoms with Crippen molar-refractivity contribution in [2.45, 2.75) is 20.3 Å². The molecule has 0 bridgehead atoms. The van der Waals surface area contributed by atoms with Crippen LogP contribution in [0.15, 0.2) is 12.4 Å². The van der Waals surface area contributed by atoms with Crippen molar-refractivity contribution in [3.8, 4) is 0 Å².